The third-order valence-corrected chi connectivity index (χ3v) is 3.52. The molecule has 2 nitrogen and oxygen atoms in total. The molecule has 0 aromatic rings. The number of aliphatic carboxylic acids is 1. The Morgan fingerprint density at radius 2 is 1.27 bits per heavy atom. The lowest BCUT2D eigenvalue weighted by Gasteiger charge is -1.99. The quantitative estimate of drug-likeness (QED) is 0.279. The predicted octanol–water partition coefficient (Wildman–Crippen LogP) is 6.44. The first-order valence-electron chi connectivity index (χ1n) is 8.94. The van der Waals surface area contributed by atoms with Gasteiger partial charge in [0.05, 0.1) is 0 Å². The number of rotatable bonds is 15. The Kier molecular flexibility index (Phi) is 16.7. The van der Waals surface area contributed by atoms with Crippen molar-refractivity contribution in [2.75, 3.05) is 0 Å². The van der Waals surface area contributed by atoms with Crippen molar-refractivity contribution in [3.63, 3.8) is 0 Å². The van der Waals surface area contributed by atoms with E-state index in [9.17, 15) is 4.79 Å². The van der Waals surface area contributed by atoms with E-state index < -0.39 is 5.97 Å². The first-order chi connectivity index (χ1) is 10.8. The van der Waals surface area contributed by atoms with E-state index in [1.165, 1.54) is 32.1 Å². The highest BCUT2D eigenvalue weighted by molar-refractivity contribution is 5.66. The molecule has 126 valence electrons. The second kappa shape index (κ2) is 17.7. The molecule has 22 heavy (non-hydrogen) atoms. The number of carbonyl (C=O) groups is 1. The lowest BCUT2D eigenvalue weighted by Crippen LogP contribution is -1.93. The van der Waals surface area contributed by atoms with Crippen LogP contribution in [0.1, 0.15) is 84.0 Å². The molecule has 0 saturated heterocycles. The van der Waals surface area contributed by atoms with Crippen molar-refractivity contribution in [1.29, 1.82) is 0 Å². The summed E-state index contributed by atoms with van der Waals surface area (Å²) in [5.74, 6) is -0.669. The van der Waals surface area contributed by atoms with E-state index in [-0.39, 0.29) is 0 Å². The molecule has 0 heterocycles. The van der Waals surface area contributed by atoms with Crippen LogP contribution in [0.2, 0.25) is 0 Å². The first kappa shape index (κ1) is 20.7. The van der Waals surface area contributed by atoms with Crippen molar-refractivity contribution >= 4 is 5.97 Å². The van der Waals surface area contributed by atoms with Gasteiger partial charge in [0.25, 0.3) is 0 Å². The molecule has 0 bridgehead atoms. The van der Waals surface area contributed by atoms with Crippen molar-refractivity contribution in [2.24, 2.45) is 0 Å². The van der Waals surface area contributed by atoms with Crippen molar-refractivity contribution < 1.29 is 9.90 Å². The van der Waals surface area contributed by atoms with Gasteiger partial charge in [0.15, 0.2) is 0 Å². The fourth-order valence-electron chi connectivity index (χ4n) is 2.23. The van der Waals surface area contributed by atoms with Crippen LogP contribution < -0.4 is 0 Å². The molecule has 0 saturated carbocycles. The van der Waals surface area contributed by atoms with Gasteiger partial charge in [0, 0.05) is 6.42 Å². The van der Waals surface area contributed by atoms with Crippen LogP contribution in [0, 0.1) is 0 Å². The Hall–Kier alpha value is -1.31. The Bertz CT molecular complexity index is 327. The molecule has 0 aromatic heterocycles. The normalized spacial score (nSPS) is 12.0. The second-order valence-corrected chi connectivity index (χ2v) is 5.69. The van der Waals surface area contributed by atoms with Gasteiger partial charge in [-0.15, -0.1) is 0 Å². The summed E-state index contributed by atoms with van der Waals surface area (Å²) in [4.78, 5) is 10.3. The monoisotopic (exact) mass is 306 g/mol. The molecule has 0 spiro atoms. The summed E-state index contributed by atoms with van der Waals surface area (Å²) in [5, 5.41) is 8.52. The Morgan fingerprint density at radius 3 is 1.95 bits per heavy atom. The zero-order valence-electron chi connectivity index (χ0n) is 14.3. The van der Waals surface area contributed by atoms with Crippen LogP contribution in [0.5, 0.6) is 0 Å². The molecule has 0 unspecified atom stereocenters. The molecular weight excluding hydrogens is 272 g/mol. The molecule has 0 aliphatic rings. The summed E-state index contributed by atoms with van der Waals surface area (Å²) in [6.45, 7) is 2.16. The maximum atomic E-state index is 10.3. The molecule has 0 atom stereocenters. The van der Waals surface area contributed by atoms with Gasteiger partial charge in [-0.05, 0) is 44.9 Å². The standard InChI is InChI=1S/C20H34O2/c1-2-3-4-5-6-7-8-9-10-11-12-13-14-15-16-17-18-19-20(21)22/h3-4,6-7,10-11H,2,5,8-9,12-19H2,1H3,(H,21,22)/b4-3+,7-6+,11-10+. The second-order valence-electron chi connectivity index (χ2n) is 5.69. The number of hydrogen-bond acceptors (Lipinski definition) is 1. The Labute approximate surface area is 137 Å². The lowest BCUT2D eigenvalue weighted by atomic mass is 10.1. The molecular formula is C20H34O2. The Balaban J connectivity index is 3.21. The average molecular weight is 306 g/mol. The van der Waals surface area contributed by atoms with E-state index in [0.717, 1.165) is 38.5 Å². The number of allylic oxidation sites excluding steroid dienone is 6. The number of carboxylic acids is 1. The van der Waals surface area contributed by atoms with E-state index in [1.807, 2.05) is 0 Å². The molecule has 0 fully saturated rings. The van der Waals surface area contributed by atoms with Gasteiger partial charge in [-0.1, -0.05) is 69.1 Å². The van der Waals surface area contributed by atoms with Gasteiger partial charge in [0.1, 0.15) is 0 Å². The summed E-state index contributed by atoms with van der Waals surface area (Å²) < 4.78 is 0. The maximum Gasteiger partial charge on any atom is 0.303 e. The van der Waals surface area contributed by atoms with Gasteiger partial charge in [-0.2, -0.15) is 0 Å². The van der Waals surface area contributed by atoms with Crippen molar-refractivity contribution in [1.82, 2.24) is 0 Å². The van der Waals surface area contributed by atoms with Gasteiger partial charge < -0.3 is 5.11 Å². The zero-order chi connectivity index (χ0) is 16.3. The fourth-order valence-corrected chi connectivity index (χ4v) is 2.23. The molecule has 0 amide bonds. The molecule has 0 aliphatic heterocycles. The van der Waals surface area contributed by atoms with Crippen LogP contribution in [-0.2, 0) is 4.79 Å². The Morgan fingerprint density at radius 1 is 0.727 bits per heavy atom. The largest absolute Gasteiger partial charge is 0.481 e. The molecule has 1 N–H and O–H groups in total. The van der Waals surface area contributed by atoms with Gasteiger partial charge >= 0.3 is 5.97 Å². The highest BCUT2D eigenvalue weighted by Gasteiger charge is 1.96. The molecule has 2 heteroatoms. The smallest absolute Gasteiger partial charge is 0.303 e. The maximum absolute atomic E-state index is 10.3. The fraction of sp³-hybridized carbons (Fsp3) is 0.650. The molecule has 0 aromatic carbocycles. The highest BCUT2D eigenvalue weighted by atomic mass is 16.4. The summed E-state index contributed by atoms with van der Waals surface area (Å²) >= 11 is 0. The average Bonchev–Trinajstić information content (AvgIpc) is 2.50. The van der Waals surface area contributed by atoms with Crippen LogP contribution in [0.15, 0.2) is 36.5 Å². The van der Waals surface area contributed by atoms with E-state index in [2.05, 4.69) is 43.4 Å². The predicted molar refractivity (Wildman–Crippen MR) is 96.1 cm³/mol. The third kappa shape index (κ3) is 18.7. The van der Waals surface area contributed by atoms with E-state index in [0.29, 0.717) is 6.42 Å². The van der Waals surface area contributed by atoms with Gasteiger partial charge in [-0.3, -0.25) is 4.79 Å². The van der Waals surface area contributed by atoms with Crippen molar-refractivity contribution in [2.45, 2.75) is 84.0 Å². The SMILES string of the molecule is CC/C=C/C/C=C/CC/C=C/CCCCCCCCC(=O)O. The summed E-state index contributed by atoms with van der Waals surface area (Å²) in [6.07, 6.45) is 26.3. The van der Waals surface area contributed by atoms with Gasteiger partial charge in [-0.25, -0.2) is 0 Å². The van der Waals surface area contributed by atoms with Crippen molar-refractivity contribution in [3.05, 3.63) is 36.5 Å². The lowest BCUT2D eigenvalue weighted by molar-refractivity contribution is -0.137. The highest BCUT2D eigenvalue weighted by Crippen LogP contribution is 2.09. The third-order valence-electron chi connectivity index (χ3n) is 3.52. The van der Waals surface area contributed by atoms with Crippen LogP contribution in [0.4, 0.5) is 0 Å². The molecule has 0 aliphatic carbocycles. The van der Waals surface area contributed by atoms with Crippen LogP contribution >= 0.6 is 0 Å². The number of hydrogen-bond donors (Lipinski definition) is 1. The minimum Gasteiger partial charge on any atom is -0.481 e. The van der Waals surface area contributed by atoms with E-state index in [4.69, 9.17) is 5.11 Å². The summed E-state index contributed by atoms with van der Waals surface area (Å²) in [7, 11) is 0. The first-order valence-corrected chi connectivity index (χ1v) is 8.94. The topological polar surface area (TPSA) is 37.3 Å². The molecule has 0 rings (SSSR count). The van der Waals surface area contributed by atoms with Crippen LogP contribution in [0.3, 0.4) is 0 Å². The summed E-state index contributed by atoms with van der Waals surface area (Å²) in [5.41, 5.74) is 0. The van der Waals surface area contributed by atoms with Crippen LogP contribution in [0.25, 0.3) is 0 Å². The van der Waals surface area contributed by atoms with Gasteiger partial charge in [0.2, 0.25) is 0 Å². The van der Waals surface area contributed by atoms with E-state index >= 15 is 0 Å². The number of unbranched alkanes of at least 4 members (excludes halogenated alkanes) is 7. The summed E-state index contributed by atoms with van der Waals surface area (Å²) in [6, 6.07) is 0. The minimum atomic E-state index is -0.669. The minimum absolute atomic E-state index is 0.325. The van der Waals surface area contributed by atoms with E-state index in [1.54, 1.807) is 0 Å². The molecule has 0 radical (unpaired) electrons. The van der Waals surface area contributed by atoms with Crippen LogP contribution in [-0.4, -0.2) is 11.1 Å². The zero-order valence-corrected chi connectivity index (χ0v) is 14.3. The number of carboxylic acid groups (broad SMARTS) is 1. The van der Waals surface area contributed by atoms with Crippen molar-refractivity contribution in [3.8, 4) is 0 Å².